The van der Waals surface area contributed by atoms with Crippen LogP contribution in [0.2, 0.25) is 0 Å². The molecule has 0 aliphatic heterocycles. The summed E-state index contributed by atoms with van der Waals surface area (Å²) in [5.74, 6) is -3.79. The van der Waals surface area contributed by atoms with Crippen molar-refractivity contribution in [1.29, 1.82) is 0 Å². The number of carbonyl (C=O) groups excluding carboxylic acids is 2. The number of hydrogen-bond donors (Lipinski definition) is 1. The van der Waals surface area contributed by atoms with Crippen molar-refractivity contribution in [3.05, 3.63) is 52.6 Å². The molecule has 0 spiro atoms. The number of alkyl carbamates (subject to hydrolysis) is 1. The summed E-state index contributed by atoms with van der Waals surface area (Å²) < 4.78 is 32.3. The number of allylic oxidation sites excluding steroid dienone is 2. The van der Waals surface area contributed by atoms with E-state index in [0.717, 1.165) is 22.3 Å². The Bertz CT molecular complexity index is 946. The molecule has 1 aromatic rings. The van der Waals surface area contributed by atoms with E-state index in [9.17, 15) is 9.59 Å². The number of nitrogens with one attached hydrogen (secondary N) is 1. The highest BCUT2D eigenvalue weighted by Gasteiger charge is 2.49. The van der Waals surface area contributed by atoms with E-state index in [1.54, 1.807) is 40.7 Å². The number of hydrogen-bond acceptors (Lipinski definition) is 5. The van der Waals surface area contributed by atoms with Crippen LogP contribution in [-0.4, -0.2) is 43.3 Å². The number of esters is 1. The van der Waals surface area contributed by atoms with Crippen molar-refractivity contribution in [3.8, 4) is 0 Å². The predicted molar refractivity (Wildman–Crippen MR) is 126 cm³/mol. The lowest BCUT2D eigenvalue weighted by Crippen LogP contribution is -2.52. The first-order valence-corrected chi connectivity index (χ1v) is 11.2. The number of benzene rings is 1. The monoisotopic (exact) mass is 461 g/mol. The Hall–Kier alpha value is -2.67. The number of alkyl halides is 1. The van der Waals surface area contributed by atoms with E-state index >= 15 is 4.39 Å². The van der Waals surface area contributed by atoms with Gasteiger partial charge in [0.1, 0.15) is 5.60 Å². The van der Waals surface area contributed by atoms with Crippen LogP contribution in [0.25, 0.3) is 5.57 Å². The number of amides is 1. The van der Waals surface area contributed by atoms with Crippen molar-refractivity contribution in [3.63, 3.8) is 0 Å². The highest BCUT2D eigenvalue weighted by molar-refractivity contribution is 5.83. The van der Waals surface area contributed by atoms with Gasteiger partial charge in [0.2, 0.25) is 5.85 Å². The standard InChI is InChI=1S/C26H36FNO5/c1-9-32-23(29)15-22(28-24(30)33-25(5,6)7)21-14-20(19-13-11-10-12-16(19)2)17(3)18(4)26(21,27)31-8/h10-14,21-22H,9,15H2,1-8H3,(H,28,30). The lowest BCUT2D eigenvalue weighted by molar-refractivity contribution is -0.148. The first kappa shape index (κ1) is 26.6. The zero-order valence-electron chi connectivity index (χ0n) is 20.9. The average molecular weight is 462 g/mol. The quantitative estimate of drug-likeness (QED) is 0.543. The summed E-state index contributed by atoms with van der Waals surface area (Å²) in [6.45, 7) is 12.6. The average Bonchev–Trinajstić information content (AvgIpc) is 2.71. The lowest BCUT2D eigenvalue weighted by Gasteiger charge is -2.41. The molecule has 7 heteroatoms. The van der Waals surface area contributed by atoms with E-state index < -0.39 is 35.5 Å². The molecular weight excluding hydrogens is 425 g/mol. The van der Waals surface area contributed by atoms with E-state index in [4.69, 9.17) is 14.2 Å². The van der Waals surface area contributed by atoms with Crippen molar-refractivity contribution in [2.75, 3.05) is 13.7 Å². The van der Waals surface area contributed by atoms with Gasteiger partial charge >= 0.3 is 12.1 Å². The highest BCUT2D eigenvalue weighted by Crippen LogP contribution is 2.46. The van der Waals surface area contributed by atoms with Gasteiger partial charge in [0.05, 0.1) is 25.0 Å². The van der Waals surface area contributed by atoms with Gasteiger partial charge in [-0.3, -0.25) is 4.79 Å². The first-order chi connectivity index (χ1) is 15.3. The van der Waals surface area contributed by atoms with E-state index in [1.165, 1.54) is 7.11 Å². The molecule has 0 saturated carbocycles. The maximum absolute atomic E-state index is 16.4. The summed E-state index contributed by atoms with van der Waals surface area (Å²) in [7, 11) is 1.28. The van der Waals surface area contributed by atoms with Crippen LogP contribution < -0.4 is 5.32 Å². The van der Waals surface area contributed by atoms with Crippen LogP contribution in [0.15, 0.2) is 41.5 Å². The maximum Gasteiger partial charge on any atom is 0.407 e. The summed E-state index contributed by atoms with van der Waals surface area (Å²) in [4.78, 5) is 25.0. The Kier molecular flexibility index (Phi) is 8.46. The topological polar surface area (TPSA) is 73.9 Å². The van der Waals surface area contributed by atoms with Gasteiger partial charge in [-0.05, 0) is 76.3 Å². The zero-order chi connectivity index (χ0) is 25.0. The summed E-state index contributed by atoms with van der Waals surface area (Å²) in [6, 6.07) is 6.84. The van der Waals surface area contributed by atoms with Crippen molar-refractivity contribution >= 4 is 17.6 Å². The fourth-order valence-electron chi connectivity index (χ4n) is 4.08. The van der Waals surface area contributed by atoms with Crippen molar-refractivity contribution in [2.45, 2.75) is 72.4 Å². The van der Waals surface area contributed by atoms with Gasteiger partial charge in [0.15, 0.2) is 0 Å². The fourth-order valence-corrected chi connectivity index (χ4v) is 4.08. The number of rotatable bonds is 7. The van der Waals surface area contributed by atoms with Crippen LogP contribution in [0.4, 0.5) is 9.18 Å². The zero-order valence-corrected chi connectivity index (χ0v) is 20.9. The van der Waals surface area contributed by atoms with E-state index in [2.05, 4.69) is 5.32 Å². The molecule has 2 rings (SSSR count). The number of methoxy groups -OCH3 is 1. The number of halogens is 1. The largest absolute Gasteiger partial charge is 0.466 e. The molecule has 3 unspecified atom stereocenters. The Morgan fingerprint density at radius 2 is 1.82 bits per heavy atom. The van der Waals surface area contributed by atoms with Crippen LogP contribution in [0.3, 0.4) is 0 Å². The van der Waals surface area contributed by atoms with Crippen LogP contribution in [0.1, 0.15) is 59.1 Å². The number of aryl methyl sites for hydroxylation is 1. The molecule has 1 amide bonds. The molecule has 0 saturated heterocycles. The number of ether oxygens (including phenoxy) is 3. The minimum absolute atomic E-state index is 0.177. The van der Waals surface area contributed by atoms with Crippen LogP contribution in [-0.2, 0) is 19.0 Å². The Morgan fingerprint density at radius 3 is 2.36 bits per heavy atom. The predicted octanol–water partition coefficient (Wildman–Crippen LogP) is 5.50. The molecular formula is C26H36FNO5. The van der Waals surface area contributed by atoms with Crippen molar-refractivity contribution < 1.29 is 28.2 Å². The minimum Gasteiger partial charge on any atom is -0.466 e. The third-order valence-corrected chi connectivity index (χ3v) is 5.81. The molecule has 1 N–H and O–H groups in total. The van der Waals surface area contributed by atoms with Crippen LogP contribution in [0, 0.1) is 12.8 Å². The van der Waals surface area contributed by atoms with Gasteiger partial charge in [0, 0.05) is 7.11 Å². The van der Waals surface area contributed by atoms with Gasteiger partial charge in [-0.2, -0.15) is 0 Å². The fraction of sp³-hybridized carbons (Fsp3) is 0.538. The molecule has 0 aromatic heterocycles. The van der Waals surface area contributed by atoms with Crippen molar-refractivity contribution in [2.24, 2.45) is 5.92 Å². The SMILES string of the molecule is CCOC(=O)CC(NC(=O)OC(C)(C)C)C1C=C(c2ccccc2C)C(C)=C(C)C1(F)OC. The van der Waals surface area contributed by atoms with Gasteiger partial charge in [-0.25, -0.2) is 9.18 Å². The Morgan fingerprint density at radius 1 is 1.18 bits per heavy atom. The third-order valence-electron chi connectivity index (χ3n) is 5.81. The molecule has 182 valence electrons. The first-order valence-electron chi connectivity index (χ1n) is 11.2. The molecule has 33 heavy (non-hydrogen) atoms. The number of carbonyl (C=O) groups is 2. The molecule has 0 radical (unpaired) electrons. The van der Waals surface area contributed by atoms with Gasteiger partial charge in [0.25, 0.3) is 0 Å². The van der Waals surface area contributed by atoms with E-state index in [1.807, 2.05) is 38.1 Å². The summed E-state index contributed by atoms with van der Waals surface area (Å²) in [5, 5.41) is 2.69. The summed E-state index contributed by atoms with van der Waals surface area (Å²) in [6.07, 6.45) is 0.761. The Balaban J connectivity index is 2.59. The molecule has 1 aliphatic carbocycles. The lowest BCUT2D eigenvalue weighted by atomic mass is 9.75. The molecule has 6 nitrogen and oxygen atoms in total. The Labute approximate surface area is 196 Å². The summed E-state index contributed by atoms with van der Waals surface area (Å²) >= 11 is 0. The second-order valence-electron chi connectivity index (χ2n) is 9.28. The van der Waals surface area contributed by atoms with Crippen LogP contribution >= 0.6 is 0 Å². The van der Waals surface area contributed by atoms with Gasteiger partial charge in [-0.1, -0.05) is 30.3 Å². The molecule has 3 atom stereocenters. The van der Waals surface area contributed by atoms with Gasteiger partial charge < -0.3 is 19.5 Å². The molecule has 0 fully saturated rings. The van der Waals surface area contributed by atoms with Crippen LogP contribution in [0.5, 0.6) is 0 Å². The molecule has 0 heterocycles. The molecule has 1 aromatic carbocycles. The second-order valence-corrected chi connectivity index (χ2v) is 9.28. The second kappa shape index (κ2) is 10.5. The van der Waals surface area contributed by atoms with E-state index in [0.29, 0.717) is 5.57 Å². The molecule has 0 bridgehead atoms. The molecule has 1 aliphatic rings. The van der Waals surface area contributed by atoms with Gasteiger partial charge in [-0.15, -0.1) is 0 Å². The third kappa shape index (κ3) is 6.22. The summed E-state index contributed by atoms with van der Waals surface area (Å²) in [5.41, 5.74) is 3.19. The van der Waals surface area contributed by atoms with Crippen molar-refractivity contribution in [1.82, 2.24) is 5.32 Å². The smallest absolute Gasteiger partial charge is 0.407 e. The normalized spacial score (nSPS) is 21.8. The highest BCUT2D eigenvalue weighted by atomic mass is 19.2. The van der Waals surface area contributed by atoms with E-state index in [-0.39, 0.29) is 13.0 Å². The minimum atomic E-state index is -2.23. The maximum atomic E-state index is 16.4.